The summed E-state index contributed by atoms with van der Waals surface area (Å²) in [6.45, 7) is 3.79. The van der Waals surface area contributed by atoms with Crippen molar-refractivity contribution in [1.82, 2.24) is 10.6 Å². The minimum Gasteiger partial charge on any atom is -0.293 e. The molecule has 0 radical (unpaired) electrons. The molecule has 0 bridgehead atoms. The van der Waals surface area contributed by atoms with Gasteiger partial charge in [0.05, 0.1) is 6.04 Å². The van der Waals surface area contributed by atoms with E-state index < -0.39 is 5.54 Å². The minimum atomic E-state index is -0.479. The molecule has 4 nitrogen and oxygen atoms in total. The Morgan fingerprint density at radius 1 is 1.43 bits per heavy atom. The topological polar surface area (TPSA) is 58.2 Å². The average molecular weight is 196 g/mol. The number of nitrogens with one attached hydrogen (secondary N) is 2. The van der Waals surface area contributed by atoms with Crippen LogP contribution in [-0.2, 0) is 9.59 Å². The predicted molar refractivity (Wildman–Crippen MR) is 51.5 cm³/mol. The average Bonchev–Trinajstić information content (AvgIpc) is 2.95. The standard InChI is InChI=1S/C10H16N2O2/c1-3-10(7-4-5-7)9(14)11-8(13)6(2)12-10/h6-7,12H,3-5H2,1-2H3,(H,11,13,14). The number of hydrogen-bond acceptors (Lipinski definition) is 3. The highest BCUT2D eigenvalue weighted by atomic mass is 16.2. The molecule has 2 fully saturated rings. The number of imide groups is 1. The Balaban J connectivity index is 2.24. The van der Waals surface area contributed by atoms with Crippen LogP contribution in [0, 0.1) is 5.92 Å². The molecule has 0 spiro atoms. The van der Waals surface area contributed by atoms with Crippen molar-refractivity contribution in [2.75, 3.05) is 0 Å². The Morgan fingerprint density at radius 3 is 2.57 bits per heavy atom. The number of carbonyl (C=O) groups excluding carboxylic acids is 2. The quantitative estimate of drug-likeness (QED) is 0.619. The zero-order chi connectivity index (χ0) is 10.3. The van der Waals surface area contributed by atoms with E-state index in [4.69, 9.17) is 0 Å². The summed E-state index contributed by atoms with van der Waals surface area (Å²) in [5.74, 6) is 0.0772. The van der Waals surface area contributed by atoms with Gasteiger partial charge in [-0.25, -0.2) is 0 Å². The molecule has 1 saturated heterocycles. The maximum Gasteiger partial charge on any atom is 0.247 e. The third-order valence-corrected chi connectivity index (χ3v) is 3.34. The van der Waals surface area contributed by atoms with Crippen molar-refractivity contribution in [2.45, 2.75) is 44.7 Å². The second-order valence-electron chi connectivity index (χ2n) is 4.28. The summed E-state index contributed by atoms with van der Waals surface area (Å²) in [5, 5.41) is 5.63. The van der Waals surface area contributed by atoms with Crippen LogP contribution in [0.15, 0.2) is 0 Å². The van der Waals surface area contributed by atoms with Crippen molar-refractivity contribution in [2.24, 2.45) is 5.92 Å². The Morgan fingerprint density at radius 2 is 2.07 bits per heavy atom. The van der Waals surface area contributed by atoms with Crippen LogP contribution < -0.4 is 10.6 Å². The van der Waals surface area contributed by atoms with Gasteiger partial charge in [0, 0.05) is 0 Å². The monoisotopic (exact) mass is 196 g/mol. The third kappa shape index (κ3) is 1.25. The van der Waals surface area contributed by atoms with E-state index in [1.807, 2.05) is 6.92 Å². The lowest BCUT2D eigenvalue weighted by Gasteiger charge is -2.39. The number of amides is 2. The van der Waals surface area contributed by atoms with Crippen molar-refractivity contribution in [3.05, 3.63) is 0 Å². The lowest BCUT2D eigenvalue weighted by Crippen LogP contribution is -2.69. The second kappa shape index (κ2) is 3.05. The van der Waals surface area contributed by atoms with Gasteiger partial charge < -0.3 is 0 Å². The van der Waals surface area contributed by atoms with E-state index >= 15 is 0 Å². The lowest BCUT2D eigenvalue weighted by molar-refractivity contribution is -0.141. The van der Waals surface area contributed by atoms with Crippen LogP contribution in [0.1, 0.15) is 33.1 Å². The Bertz CT molecular complexity index is 286. The molecule has 0 aromatic carbocycles. The molecule has 0 aromatic heterocycles. The highest BCUT2D eigenvalue weighted by molar-refractivity contribution is 6.05. The van der Waals surface area contributed by atoms with Crippen molar-refractivity contribution in [3.8, 4) is 0 Å². The Hall–Kier alpha value is -0.900. The summed E-state index contributed by atoms with van der Waals surface area (Å²) in [6, 6.07) is -0.256. The van der Waals surface area contributed by atoms with Crippen molar-refractivity contribution >= 4 is 11.8 Å². The van der Waals surface area contributed by atoms with Crippen LogP contribution in [-0.4, -0.2) is 23.4 Å². The van der Waals surface area contributed by atoms with Gasteiger partial charge in [-0.05, 0) is 32.1 Å². The maximum atomic E-state index is 11.8. The van der Waals surface area contributed by atoms with Gasteiger partial charge >= 0.3 is 0 Å². The van der Waals surface area contributed by atoms with Crippen molar-refractivity contribution in [1.29, 1.82) is 0 Å². The van der Waals surface area contributed by atoms with Gasteiger partial charge in [-0.1, -0.05) is 6.92 Å². The van der Waals surface area contributed by atoms with E-state index in [0.717, 1.165) is 19.3 Å². The fourth-order valence-corrected chi connectivity index (χ4v) is 2.28. The molecule has 2 amide bonds. The molecule has 2 aliphatic rings. The van der Waals surface area contributed by atoms with Crippen LogP contribution in [0.3, 0.4) is 0 Å². The molecule has 1 heterocycles. The van der Waals surface area contributed by atoms with Crippen molar-refractivity contribution < 1.29 is 9.59 Å². The Kier molecular flexibility index (Phi) is 2.10. The summed E-state index contributed by atoms with van der Waals surface area (Å²) in [4.78, 5) is 23.0. The summed E-state index contributed by atoms with van der Waals surface area (Å²) < 4.78 is 0. The molecule has 14 heavy (non-hydrogen) atoms. The highest BCUT2D eigenvalue weighted by Crippen LogP contribution is 2.42. The molecule has 0 aromatic rings. The molecule has 4 heteroatoms. The van der Waals surface area contributed by atoms with Crippen LogP contribution >= 0.6 is 0 Å². The van der Waals surface area contributed by atoms with Gasteiger partial charge in [0.2, 0.25) is 11.8 Å². The lowest BCUT2D eigenvalue weighted by atomic mass is 9.86. The molecule has 2 atom stereocenters. The number of hydrogen-bond donors (Lipinski definition) is 2. The van der Waals surface area contributed by atoms with E-state index in [0.29, 0.717) is 5.92 Å². The summed E-state index contributed by atoms with van der Waals surface area (Å²) in [6.07, 6.45) is 2.94. The van der Waals surface area contributed by atoms with E-state index in [-0.39, 0.29) is 17.9 Å². The molecule has 2 rings (SSSR count). The molecule has 1 aliphatic heterocycles. The SMILES string of the molecule is CCC1(C2CC2)NC(C)C(=O)NC1=O. The third-order valence-electron chi connectivity index (χ3n) is 3.34. The van der Waals surface area contributed by atoms with Crippen LogP contribution in [0.4, 0.5) is 0 Å². The van der Waals surface area contributed by atoms with Gasteiger partial charge in [0.1, 0.15) is 5.54 Å². The normalized spacial score (nSPS) is 38.3. The minimum absolute atomic E-state index is 0.134. The fraction of sp³-hybridized carbons (Fsp3) is 0.800. The zero-order valence-electron chi connectivity index (χ0n) is 8.59. The van der Waals surface area contributed by atoms with Gasteiger partial charge in [-0.15, -0.1) is 0 Å². The van der Waals surface area contributed by atoms with Crippen molar-refractivity contribution in [3.63, 3.8) is 0 Å². The maximum absolute atomic E-state index is 11.8. The molecule has 2 unspecified atom stereocenters. The first-order valence-corrected chi connectivity index (χ1v) is 5.23. The molecule has 78 valence electrons. The number of rotatable bonds is 2. The van der Waals surface area contributed by atoms with E-state index in [2.05, 4.69) is 10.6 Å². The Labute approximate surface area is 83.4 Å². The highest BCUT2D eigenvalue weighted by Gasteiger charge is 2.53. The van der Waals surface area contributed by atoms with Gasteiger partial charge in [-0.2, -0.15) is 0 Å². The molecular formula is C10H16N2O2. The van der Waals surface area contributed by atoms with Gasteiger partial charge in [0.25, 0.3) is 0 Å². The van der Waals surface area contributed by atoms with E-state index in [1.54, 1.807) is 6.92 Å². The van der Waals surface area contributed by atoms with E-state index in [9.17, 15) is 9.59 Å². The predicted octanol–water partition coefficient (Wildman–Crippen LogP) is 0.180. The number of piperazine rings is 1. The number of carbonyl (C=O) groups is 2. The molecular weight excluding hydrogens is 180 g/mol. The van der Waals surface area contributed by atoms with E-state index in [1.165, 1.54) is 0 Å². The summed E-state index contributed by atoms with van der Waals surface area (Å²) in [7, 11) is 0. The molecule has 1 aliphatic carbocycles. The summed E-state index contributed by atoms with van der Waals surface area (Å²) >= 11 is 0. The largest absolute Gasteiger partial charge is 0.293 e. The summed E-state index contributed by atoms with van der Waals surface area (Å²) in [5.41, 5.74) is -0.479. The van der Waals surface area contributed by atoms with Crippen LogP contribution in [0.2, 0.25) is 0 Å². The fourth-order valence-electron chi connectivity index (χ4n) is 2.28. The first-order chi connectivity index (χ1) is 6.60. The zero-order valence-corrected chi connectivity index (χ0v) is 8.59. The van der Waals surface area contributed by atoms with Crippen LogP contribution in [0.5, 0.6) is 0 Å². The smallest absolute Gasteiger partial charge is 0.247 e. The second-order valence-corrected chi connectivity index (χ2v) is 4.28. The molecule has 1 saturated carbocycles. The first kappa shape index (κ1) is 9.65. The van der Waals surface area contributed by atoms with Gasteiger partial charge in [0.15, 0.2) is 0 Å². The van der Waals surface area contributed by atoms with Crippen LogP contribution in [0.25, 0.3) is 0 Å². The van der Waals surface area contributed by atoms with Gasteiger partial charge in [-0.3, -0.25) is 20.2 Å². The molecule has 2 N–H and O–H groups in total. The first-order valence-electron chi connectivity index (χ1n) is 5.23.